The van der Waals surface area contributed by atoms with Crippen LogP contribution in [-0.2, 0) is 9.53 Å². The van der Waals surface area contributed by atoms with Gasteiger partial charge in [-0.1, -0.05) is 6.92 Å². The van der Waals surface area contributed by atoms with Crippen LogP contribution in [0.2, 0.25) is 0 Å². The van der Waals surface area contributed by atoms with Gasteiger partial charge in [0.15, 0.2) is 5.41 Å². The van der Waals surface area contributed by atoms with Gasteiger partial charge in [-0.25, -0.2) is 0 Å². The summed E-state index contributed by atoms with van der Waals surface area (Å²) in [6, 6.07) is 0. The zero-order chi connectivity index (χ0) is 18.0. The van der Waals surface area contributed by atoms with Crippen molar-refractivity contribution in [3.05, 3.63) is 0 Å². The summed E-state index contributed by atoms with van der Waals surface area (Å²) in [5.41, 5.74) is -5.60. The Hall–Kier alpha value is -0.820. The van der Waals surface area contributed by atoms with E-state index in [1.165, 1.54) is 6.92 Å². The van der Waals surface area contributed by atoms with E-state index in [0.29, 0.717) is 24.7 Å². The van der Waals surface area contributed by atoms with Crippen LogP contribution in [0, 0.1) is 23.2 Å². The minimum Gasteiger partial charge on any atom is -0.462 e. The van der Waals surface area contributed by atoms with Crippen LogP contribution in [0.4, 0.5) is 13.2 Å². The highest BCUT2D eigenvalue weighted by Crippen LogP contribution is 2.60. The summed E-state index contributed by atoms with van der Waals surface area (Å²) in [6.07, 6.45) is -1.80. The first kappa shape index (κ1) is 18.0. The molecule has 0 saturated heterocycles. The van der Waals surface area contributed by atoms with E-state index >= 15 is 0 Å². The number of aliphatic hydroxyl groups is 2. The molecule has 138 valence electrons. The molecule has 4 nitrogen and oxygen atoms in total. The highest BCUT2D eigenvalue weighted by molar-refractivity contribution is 5.77. The summed E-state index contributed by atoms with van der Waals surface area (Å²) >= 11 is 0. The van der Waals surface area contributed by atoms with Gasteiger partial charge in [0.1, 0.15) is 12.2 Å². The van der Waals surface area contributed by atoms with Gasteiger partial charge >= 0.3 is 12.1 Å². The predicted octanol–water partition coefficient (Wildman–Crippen LogP) is 2.81. The Labute approximate surface area is 139 Å². The van der Waals surface area contributed by atoms with Crippen molar-refractivity contribution < 1.29 is 32.9 Å². The fourth-order valence-electron chi connectivity index (χ4n) is 5.11. The van der Waals surface area contributed by atoms with Gasteiger partial charge in [0, 0.05) is 0 Å². The van der Waals surface area contributed by atoms with Crippen LogP contribution in [0.15, 0.2) is 0 Å². The first-order chi connectivity index (χ1) is 11.0. The lowest BCUT2D eigenvalue weighted by atomic mass is 9.48. The zero-order valence-corrected chi connectivity index (χ0v) is 14.0. The van der Waals surface area contributed by atoms with Gasteiger partial charge in [-0.15, -0.1) is 0 Å². The molecule has 0 aliphatic heterocycles. The number of carbonyl (C=O) groups is 1. The number of halogens is 3. The number of hydrogen-bond acceptors (Lipinski definition) is 4. The SMILES string of the molecule is CCC(C)(C(=O)OCC1(O)C2CC3CC(C2)CC1(O)C3)C(F)(F)F. The molecule has 4 bridgehead atoms. The summed E-state index contributed by atoms with van der Waals surface area (Å²) in [6.45, 7) is 1.52. The molecular formula is C17H25F3O4. The molecule has 0 aromatic heterocycles. The Morgan fingerprint density at radius 2 is 1.71 bits per heavy atom. The molecule has 0 spiro atoms. The third kappa shape index (κ3) is 2.38. The second-order valence-electron chi connectivity index (χ2n) is 8.26. The molecule has 4 atom stereocenters. The molecule has 0 heterocycles. The molecule has 2 N–H and O–H groups in total. The number of rotatable bonds is 4. The van der Waals surface area contributed by atoms with Gasteiger partial charge in [0.25, 0.3) is 0 Å². The zero-order valence-electron chi connectivity index (χ0n) is 14.0. The van der Waals surface area contributed by atoms with Crippen LogP contribution >= 0.6 is 0 Å². The van der Waals surface area contributed by atoms with Gasteiger partial charge < -0.3 is 14.9 Å². The number of esters is 1. The largest absolute Gasteiger partial charge is 0.462 e. The Bertz CT molecular complexity index is 520. The molecule has 0 aromatic carbocycles. The minimum absolute atomic E-state index is 0.222. The topological polar surface area (TPSA) is 66.8 Å². The van der Waals surface area contributed by atoms with Gasteiger partial charge in [-0.3, -0.25) is 4.79 Å². The molecular weight excluding hydrogens is 325 g/mol. The molecule has 7 heteroatoms. The lowest BCUT2D eigenvalue weighted by Gasteiger charge is -2.62. The smallest absolute Gasteiger partial charge is 0.404 e. The van der Waals surface area contributed by atoms with E-state index in [1.807, 2.05) is 0 Å². The summed E-state index contributed by atoms with van der Waals surface area (Å²) in [5, 5.41) is 21.9. The highest BCUT2D eigenvalue weighted by atomic mass is 19.4. The summed E-state index contributed by atoms with van der Waals surface area (Å²) in [7, 11) is 0. The molecule has 4 aliphatic rings. The maximum absolute atomic E-state index is 13.2. The van der Waals surface area contributed by atoms with Crippen molar-refractivity contribution in [1.29, 1.82) is 0 Å². The van der Waals surface area contributed by atoms with Crippen molar-refractivity contribution in [3.8, 4) is 0 Å². The first-order valence-corrected chi connectivity index (χ1v) is 8.64. The minimum atomic E-state index is -4.72. The Kier molecular flexibility index (Phi) is 4.00. The van der Waals surface area contributed by atoms with Crippen LogP contribution in [-0.4, -0.2) is 40.2 Å². The summed E-state index contributed by atoms with van der Waals surface area (Å²) in [5.74, 6) is -0.914. The third-order valence-electron chi connectivity index (χ3n) is 6.84. The van der Waals surface area contributed by atoms with Crippen molar-refractivity contribution in [2.45, 2.75) is 69.8 Å². The van der Waals surface area contributed by atoms with E-state index in [-0.39, 0.29) is 5.92 Å². The van der Waals surface area contributed by atoms with E-state index in [1.54, 1.807) is 0 Å². The lowest BCUT2D eigenvalue weighted by Crippen LogP contribution is -2.70. The molecule has 24 heavy (non-hydrogen) atoms. The van der Waals surface area contributed by atoms with Gasteiger partial charge in [0.05, 0.1) is 5.60 Å². The molecule has 4 unspecified atom stereocenters. The monoisotopic (exact) mass is 350 g/mol. The van der Waals surface area contributed by atoms with Crippen molar-refractivity contribution in [2.24, 2.45) is 23.2 Å². The van der Waals surface area contributed by atoms with Crippen LogP contribution in [0.3, 0.4) is 0 Å². The molecule has 4 rings (SSSR count). The Morgan fingerprint density at radius 3 is 2.12 bits per heavy atom. The van der Waals surface area contributed by atoms with E-state index in [4.69, 9.17) is 4.74 Å². The second kappa shape index (κ2) is 5.34. The Balaban J connectivity index is 1.75. The van der Waals surface area contributed by atoms with Crippen LogP contribution in [0.25, 0.3) is 0 Å². The number of hydrogen-bond donors (Lipinski definition) is 2. The first-order valence-electron chi connectivity index (χ1n) is 8.64. The molecule has 4 fully saturated rings. The number of carbonyl (C=O) groups excluding carboxylic acids is 1. The van der Waals surface area contributed by atoms with Crippen molar-refractivity contribution >= 4 is 5.97 Å². The standard InChI is InChI=1S/C17H25F3O4/c1-3-14(2,17(18,19)20)13(21)24-9-16(23)12-5-10-4-11(6-12)8-15(16,22)7-10/h10-12,22-23H,3-9H2,1-2H3. The number of ether oxygens (including phenoxy) is 1. The second-order valence-corrected chi connectivity index (χ2v) is 8.26. The molecule has 4 aliphatic carbocycles. The van der Waals surface area contributed by atoms with Gasteiger partial charge in [-0.05, 0) is 63.2 Å². The molecule has 0 radical (unpaired) electrons. The van der Waals surface area contributed by atoms with Crippen molar-refractivity contribution in [1.82, 2.24) is 0 Å². The molecule has 4 saturated carbocycles. The normalized spacial score (nSPS) is 43.5. The highest BCUT2D eigenvalue weighted by Gasteiger charge is 2.66. The average Bonchev–Trinajstić information content (AvgIpc) is 2.47. The molecule has 0 amide bonds. The van der Waals surface area contributed by atoms with E-state index in [9.17, 15) is 28.2 Å². The third-order valence-corrected chi connectivity index (χ3v) is 6.84. The van der Waals surface area contributed by atoms with Crippen LogP contribution in [0.5, 0.6) is 0 Å². The fraction of sp³-hybridized carbons (Fsp3) is 0.941. The van der Waals surface area contributed by atoms with Crippen molar-refractivity contribution in [2.75, 3.05) is 6.61 Å². The Morgan fingerprint density at radius 1 is 1.17 bits per heavy atom. The maximum Gasteiger partial charge on any atom is 0.404 e. The quantitative estimate of drug-likeness (QED) is 0.765. The average molecular weight is 350 g/mol. The van der Waals surface area contributed by atoms with Crippen molar-refractivity contribution in [3.63, 3.8) is 0 Å². The maximum atomic E-state index is 13.2. The van der Waals surface area contributed by atoms with E-state index in [0.717, 1.165) is 26.2 Å². The lowest BCUT2D eigenvalue weighted by molar-refractivity contribution is -0.284. The summed E-state index contributed by atoms with van der Waals surface area (Å²) in [4.78, 5) is 12.1. The van der Waals surface area contributed by atoms with E-state index < -0.39 is 41.8 Å². The number of alkyl halides is 3. The van der Waals surface area contributed by atoms with E-state index in [2.05, 4.69) is 0 Å². The molecule has 0 aromatic rings. The van der Waals surface area contributed by atoms with Gasteiger partial charge in [-0.2, -0.15) is 13.2 Å². The van der Waals surface area contributed by atoms with Gasteiger partial charge in [0.2, 0.25) is 0 Å². The summed E-state index contributed by atoms with van der Waals surface area (Å²) < 4.78 is 44.4. The predicted molar refractivity (Wildman–Crippen MR) is 78.9 cm³/mol. The van der Waals surface area contributed by atoms with Crippen LogP contribution in [0.1, 0.15) is 52.4 Å². The van der Waals surface area contributed by atoms with Crippen LogP contribution < -0.4 is 0 Å². The fourth-order valence-corrected chi connectivity index (χ4v) is 5.11.